The van der Waals surface area contributed by atoms with Gasteiger partial charge in [0, 0.05) is 11.1 Å². The molecule has 23 heavy (non-hydrogen) atoms. The Balaban J connectivity index is 2.47. The summed E-state index contributed by atoms with van der Waals surface area (Å²) in [6, 6.07) is 9.80. The van der Waals surface area contributed by atoms with E-state index < -0.39 is 0 Å². The van der Waals surface area contributed by atoms with Crippen molar-refractivity contribution < 1.29 is 9.53 Å². The molecule has 1 aromatic rings. The first kappa shape index (κ1) is 16.8. The normalized spacial score (nSPS) is 14.2. The van der Waals surface area contributed by atoms with Crippen molar-refractivity contribution in [2.75, 3.05) is 6.61 Å². The van der Waals surface area contributed by atoms with Crippen molar-refractivity contribution in [1.29, 1.82) is 0 Å². The molecule has 0 N–H and O–H groups in total. The van der Waals surface area contributed by atoms with Gasteiger partial charge in [-0.05, 0) is 50.3 Å². The van der Waals surface area contributed by atoms with E-state index in [2.05, 4.69) is 24.5 Å². The highest BCUT2D eigenvalue weighted by atomic mass is 16.5. The average molecular weight is 306 g/mol. The number of carbonyl (C=O) groups excluding carboxylic acids is 1. The van der Waals surface area contributed by atoms with Gasteiger partial charge >= 0.3 is 5.97 Å². The van der Waals surface area contributed by atoms with Crippen LogP contribution in [0, 0.1) is 11.8 Å². The first-order valence-corrected chi connectivity index (χ1v) is 8.04. The predicted octanol–water partition coefficient (Wildman–Crippen LogP) is 4.58. The number of benzene rings is 1. The van der Waals surface area contributed by atoms with Crippen molar-refractivity contribution in [3.8, 4) is 11.8 Å². The van der Waals surface area contributed by atoms with E-state index in [4.69, 9.17) is 4.74 Å². The molecule has 0 heterocycles. The molecule has 0 spiro atoms. The van der Waals surface area contributed by atoms with E-state index >= 15 is 0 Å². The van der Waals surface area contributed by atoms with E-state index in [1.54, 1.807) is 6.08 Å². The third-order valence-corrected chi connectivity index (χ3v) is 3.64. The number of hydrogen-bond acceptors (Lipinski definition) is 2. The summed E-state index contributed by atoms with van der Waals surface area (Å²) in [7, 11) is 0. The summed E-state index contributed by atoms with van der Waals surface area (Å²) in [4.78, 5) is 12.3. The van der Waals surface area contributed by atoms with Crippen LogP contribution in [0.25, 0.3) is 0 Å². The zero-order chi connectivity index (χ0) is 16.5. The molecule has 0 fully saturated rings. The maximum atomic E-state index is 12.3. The van der Waals surface area contributed by atoms with Crippen LogP contribution >= 0.6 is 0 Å². The Kier molecular flexibility index (Phi) is 6.44. The third kappa shape index (κ3) is 4.72. The fourth-order valence-corrected chi connectivity index (χ4v) is 2.55. The van der Waals surface area contributed by atoms with Crippen molar-refractivity contribution in [2.24, 2.45) is 0 Å². The van der Waals surface area contributed by atoms with Gasteiger partial charge in [0.05, 0.1) is 12.2 Å². The summed E-state index contributed by atoms with van der Waals surface area (Å²) in [6.07, 6.45) is 7.48. The Morgan fingerprint density at radius 1 is 1.35 bits per heavy atom. The Bertz CT molecular complexity index is 682. The minimum Gasteiger partial charge on any atom is -0.463 e. The summed E-state index contributed by atoms with van der Waals surface area (Å²) in [5.74, 6) is 6.09. The predicted molar refractivity (Wildman–Crippen MR) is 93.7 cm³/mol. The van der Waals surface area contributed by atoms with E-state index in [1.807, 2.05) is 37.3 Å². The minimum absolute atomic E-state index is 0.294. The van der Waals surface area contributed by atoms with Gasteiger partial charge in [0.2, 0.25) is 0 Å². The molecule has 0 aromatic heterocycles. The summed E-state index contributed by atoms with van der Waals surface area (Å²) < 4.78 is 5.21. The molecule has 2 rings (SSSR count). The van der Waals surface area contributed by atoms with E-state index in [0.717, 1.165) is 36.0 Å². The van der Waals surface area contributed by atoms with Gasteiger partial charge in [0.15, 0.2) is 0 Å². The maximum absolute atomic E-state index is 12.3. The summed E-state index contributed by atoms with van der Waals surface area (Å²) in [5, 5.41) is 0. The number of allylic oxidation sites excluding steroid dienone is 4. The Labute approximate surface area is 138 Å². The lowest BCUT2D eigenvalue weighted by molar-refractivity contribution is -0.138. The average Bonchev–Trinajstić information content (AvgIpc) is 3.09. The number of rotatable bonds is 5. The van der Waals surface area contributed by atoms with Crippen LogP contribution in [0.5, 0.6) is 0 Å². The van der Waals surface area contributed by atoms with E-state index in [0.29, 0.717) is 18.6 Å². The van der Waals surface area contributed by atoms with Crippen LogP contribution in [0.3, 0.4) is 0 Å². The molecular formula is C21H22O2. The van der Waals surface area contributed by atoms with Crippen LogP contribution in [0.15, 0.2) is 65.8 Å². The molecule has 2 nitrogen and oxygen atoms in total. The highest BCUT2D eigenvalue weighted by Gasteiger charge is 2.19. The molecule has 0 unspecified atom stereocenters. The first-order valence-electron chi connectivity index (χ1n) is 8.04. The quantitative estimate of drug-likeness (QED) is 0.344. The fourth-order valence-electron chi connectivity index (χ4n) is 2.55. The molecule has 0 atom stereocenters. The highest BCUT2D eigenvalue weighted by molar-refractivity contribution is 5.92. The molecule has 118 valence electrons. The molecule has 0 radical (unpaired) electrons. The Morgan fingerprint density at radius 3 is 2.74 bits per heavy atom. The lowest BCUT2D eigenvalue weighted by Crippen LogP contribution is -2.10. The second kappa shape index (κ2) is 8.80. The minimum atomic E-state index is -0.294. The molecule has 1 aromatic carbocycles. The van der Waals surface area contributed by atoms with Gasteiger partial charge < -0.3 is 4.74 Å². The van der Waals surface area contributed by atoms with Crippen molar-refractivity contribution in [1.82, 2.24) is 0 Å². The number of carbonyl (C=O) groups is 1. The van der Waals surface area contributed by atoms with Gasteiger partial charge in [-0.25, -0.2) is 4.79 Å². The van der Waals surface area contributed by atoms with Gasteiger partial charge in [-0.2, -0.15) is 0 Å². The smallest absolute Gasteiger partial charge is 0.335 e. The van der Waals surface area contributed by atoms with Gasteiger partial charge in [-0.3, -0.25) is 0 Å². The molecule has 0 aliphatic heterocycles. The lowest BCUT2D eigenvalue weighted by atomic mass is 9.97. The van der Waals surface area contributed by atoms with Crippen molar-refractivity contribution in [3.63, 3.8) is 0 Å². The van der Waals surface area contributed by atoms with Crippen LogP contribution in [-0.4, -0.2) is 12.6 Å². The van der Waals surface area contributed by atoms with Crippen molar-refractivity contribution in [2.45, 2.75) is 32.6 Å². The monoisotopic (exact) mass is 306 g/mol. The number of hydrogen-bond donors (Lipinski definition) is 0. The van der Waals surface area contributed by atoms with E-state index in [9.17, 15) is 4.79 Å². The van der Waals surface area contributed by atoms with Crippen LogP contribution < -0.4 is 0 Å². The zero-order valence-corrected chi connectivity index (χ0v) is 13.6. The second-order valence-electron chi connectivity index (χ2n) is 5.30. The maximum Gasteiger partial charge on any atom is 0.335 e. The largest absolute Gasteiger partial charge is 0.463 e. The molecule has 1 aliphatic rings. The second-order valence-corrected chi connectivity index (χ2v) is 5.30. The van der Waals surface area contributed by atoms with Gasteiger partial charge in [0.1, 0.15) is 0 Å². The highest BCUT2D eigenvalue weighted by Crippen LogP contribution is 2.28. The standard InChI is InChI=1S/C21H22O2/c1-3-10-20(21(22)23-4-2)19(18-13-8-9-14-18)16-15-17-11-6-5-7-12-17/h3,5-7,11-13H,1,4,8-10,14H2,2H3/b20-19-. The SMILES string of the molecule is C=CC/C(C(=O)OCC)=C(\C#Cc1ccccc1)C1=CCCC1. The molecule has 0 amide bonds. The summed E-state index contributed by atoms with van der Waals surface area (Å²) in [6.45, 7) is 5.93. The van der Waals surface area contributed by atoms with E-state index in [-0.39, 0.29) is 5.97 Å². The zero-order valence-electron chi connectivity index (χ0n) is 13.6. The molecule has 1 aliphatic carbocycles. The molecule has 2 heteroatoms. The number of ether oxygens (including phenoxy) is 1. The van der Waals surface area contributed by atoms with Crippen molar-refractivity contribution in [3.05, 3.63) is 71.3 Å². The Hall–Kier alpha value is -2.53. The fraction of sp³-hybridized carbons (Fsp3) is 0.286. The third-order valence-electron chi connectivity index (χ3n) is 3.64. The van der Waals surface area contributed by atoms with E-state index in [1.165, 1.54) is 0 Å². The Morgan fingerprint density at radius 2 is 2.13 bits per heavy atom. The van der Waals surface area contributed by atoms with Gasteiger partial charge in [-0.15, -0.1) is 6.58 Å². The van der Waals surface area contributed by atoms with Crippen LogP contribution in [0.1, 0.15) is 38.2 Å². The molecule has 0 bridgehead atoms. The molecule has 0 saturated carbocycles. The molecular weight excluding hydrogens is 284 g/mol. The topological polar surface area (TPSA) is 26.3 Å². The van der Waals surface area contributed by atoms with Crippen molar-refractivity contribution >= 4 is 5.97 Å². The first-order chi connectivity index (χ1) is 11.3. The van der Waals surface area contributed by atoms with Crippen LogP contribution in [0.2, 0.25) is 0 Å². The van der Waals surface area contributed by atoms with Gasteiger partial charge in [0.25, 0.3) is 0 Å². The number of esters is 1. The lowest BCUT2D eigenvalue weighted by Gasteiger charge is -2.10. The van der Waals surface area contributed by atoms with Crippen LogP contribution in [-0.2, 0) is 9.53 Å². The summed E-state index contributed by atoms with van der Waals surface area (Å²) >= 11 is 0. The molecule has 0 saturated heterocycles. The summed E-state index contributed by atoms with van der Waals surface area (Å²) in [5.41, 5.74) is 3.51. The van der Waals surface area contributed by atoms with Crippen LogP contribution in [0.4, 0.5) is 0 Å². The van der Waals surface area contributed by atoms with Gasteiger partial charge in [-0.1, -0.05) is 42.2 Å².